The van der Waals surface area contributed by atoms with E-state index in [4.69, 9.17) is 5.73 Å². The molecule has 1 amide bonds. The molecule has 13 heteroatoms. The second-order valence-corrected chi connectivity index (χ2v) is 7.36. The topological polar surface area (TPSA) is 114 Å². The Labute approximate surface area is 186 Å². The predicted molar refractivity (Wildman–Crippen MR) is 113 cm³/mol. The first kappa shape index (κ1) is 23.9. The summed E-state index contributed by atoms with van der Waals surface area (Å²) in [4.78, 5) is 21.9. The lowest BCUT2D eigenvalue weighted by Gasteiger charge is -2.15. The second kappa shape index (κ2) is 9.81. The van der Waals surface area contributed by atoms with Crippen LogP contribution in [0.2, 0.25) is 0 Å². The number of halogens is 4. The van der Waals surface area contributed by atoms with Gasteiger partial charge >= 0.3 is 6.18 Å². The first-order valence-corrected chi connectivity index (χ1v) is 9.74. The number of hydrogen-bond donors (Lipinski definition) is 3. The van der Waals surface area contributed by atoms with Crippen LogP contribution in [0, 0.1) is 5.82 Å². The van der Waals surface area contributed by atoms with Gasteiger partial charge in [-0.15, -0.1) is 0 Å². The van der Waals surface area contributed by atoms with Crippen LogP contribution in [-0.4, -0.2) is 51.2 Å². The number of nitrogens with one attached hydrogen (secondary N) is 2. The van der Waals surface area contributed by atoms with Crippen molar-refractivity contribution >= 4 is 23.4 Å². The number of carbonyl (C=O) groups excluding carboxylic acids is 1. The number of likely N-dealkylation sites (N-methyl/N-ethyl adjacent to an activating group) is 1. The molecule has 0 spiro atoms. The lowest BCUT2D eigenvalue weighted by Crippen LogP contribution is -2.19. The van der Waals surface area contributed by atoms with Crippen molar-refractivity contribution in [1.82, 2.24) is 24.6 Å². The van der Waals surface area contributed by atoms with Crippen LogP contribution in [0.4, 0.5) is 35.0 Å². The van der Waals surface area contributed by atoms with Gasteiger partial charge in [-0.25, -0.2) is 9.37 Å². The molecular formula is C20H22F4N8O. The van der Waals surface area contributed by atoms with Crippen molar-refractivity contribution in [2.75, 3.05) is 31.3 Å². The third-order valence-corrected chi connectivity index (χ3v) is 4.58. The summed E-state index contributed by atoms with van der Waals surface area (Å²) in [6, 6.07) is 2.67. The fourth-order valence-corrected chi connectivity index (χ4v) is 2.92. The highest BCUT2D eigenvalue weighted by Crippen LogP contribution is 2.33. The van der Waals surface area contributed by atoms with E-state index in [0.717, 1.165) is 30.9 Å². The summed E-state index contributed by atoms with van der Waals surface area (Å²) in [7, 11) is 3.87. The monoisotopic (exact) mass is 466 g/mol. The first-order chi connectivity index (χ1) is 15.5. The van der Waals surface area contributed by atoms with Gasteiger partial charge in [0.15, 0.2) is 0 Å². The zero-order valence-corrected chi connectivity index (χ0v) is 17.8. The Kier molecular flexibility index (Phi) is 7.11. The molecule has 0 radical (unpaired) electrons. The van der Waals surface area contributed by atoms with Crippen molar-refractivity contribution in [2.45, 2.75) is 19.3 Å². The average Bonchev–Trinajstić information content (AvgIpc) is 3.17. The normalized spacial score (nSPS) is 11.6. The Morgan fingerprint density at radius 1 is 1.24 bits per heavy atom. The van der Waals surface area contributed by atoms with Gasteiger partial charge in [-0.3, -0.25) is 9.48 Å². The lowest BCUT2D eigenvalue weighted by molar-refractivity contribution is -0.138. The van der Waals surface area contributed by atoms with Crippen LogP contribution in [0.1, 0.15) is 21.5 Å². The molecule has 176 valence electrons. The van der Waals surface area contributed by atoms with Crippen molar-refractivity contribution in [2.24, 2.45) is 5.73 Å². The number of aromatic nitrogens is 4. The summed E-state index contributed by atoms with van der Waals surface area (Å²) in [6.45, 7) is 0.836. The summed E-state index contributed by atoms with van der Waals surface area (Å²) in [6.07, 6.45) is -0.362. The SMILES string of the molecule is CN(C)CCn1cc(Nc2ncc(C(N)=O)c(NCc3c(F)cccc3C(F)(F)F)n2)cn1. The summed E-state index contributed by atoms with van der Waals surface area (Å²) in [5, 5.41) is 9.67. The molecule has 3 rings (SSSR count). The van der Waals surface area contributed by atoms with E-state index in [9.17, 15) is 22.4 Å². The molecule has 9 nitrogen and oxygen atoms in total. The maximum absolute atomic E-state index is 14.1. The van der Waals surface area contributed by atoms with E-state index in [2.05, 4.69) is 25.7 Å². The molecule has 0 unspecified atom stereocenters. The fourth-order valence-electron chi connectivity index (χ4n) is 2.92. The van der Waals surface area contributed by atoms with Crippen molar-refractivity contribution in [3.05, 3.63) is 59.3 Å². The Morgan fingerprint density at radius 3 is 2.67 bits per heavy atom. The van der Waals surface area contributed by atoms with Crippen molar-refractivity contribution in [3.63, 3.8) is 0 Å². The molecule has 0 aliphatic heterocycles. The molecule has 3 aromatic rings. The number of hydrogen-bond acceptors (Lipinski definition) is 7. The highest BCUT2D eigenvalue weighted by molar-refractivity contribution is 5.97. The van der Waals surface area contributed by atoms with E-state index in [1.54, 1.807) is 17.1 Å². The van der Waals surface area contributed by atoms with Crippen LogP contribution < -0.4 is 16.4 Å². The standard InChI is InChI=1S/C20H22F4N8O/c1-31(2)6-7-32-11-12(8-28-32)29-19-27-10-14(17(25)33)18(30-19)26-9-13-15(20(22,23)24)4-3-5-16(13)21/h3-5,8,10-11H,6-7,9H2,1-2H3,(H2,25,33)(H2,26,27,29,30). The molecule has 2 aromatic heterocycles. The van der Waals surface area contributed by atoms with Gasteiger partial charge in [0.25, 0.3) is 5.91 Å². The van der Waals surface area contributed by atoms with Gasteiger partial charge in [0.1, 0.15) is 11.6 Å². The molecule has 0 fully saturated rings. The summed E-state index contributed by atoms with van der Waals surface area (Å²) >= 11 is 0. The smallest absolute Gasteiger partial charge is 0.365 e. The van der Waals surface area contributed by atoms with Crippen LogP contribution in [0.5, 0.6) is 0 Å². The van der Waals surface area contributed by atoms with Crippen LogP contribution in [0.15, 0.2) is 36.8 Å². The van der Waals surface area contributed by atoms with Crippen molar-refractivity contribution in [3.8, 4) is 0 Å². The minimum atomic E-state index is -4.75. The van der Waals surface area contributed by atoms with Gasteiger partial charge in [-0.1, -0.05) is 6.07 Å². The van der Waals surface area contributed by atoms with Crippen molar-refractivity contribution in [1.29, 1.82) is 0 Å². The number of amides is 1. The third kappa shape index (κ3) is 6.16. The van der Waals surface area contributed by atoms with Crippen LogP contribution in [-0.2, 0) is 19.3 Å². The Bertz CT molecular complexity index is 1130. The number of nitrogens with zero attached hydrogens (tertiary/aromatic N) is 5. The number of benzene rings is 1. The summed E-state index contributed by atoms with van der Waals surface area (Å²) in [5.41, 5.74) is 3.97. The van der Waals surface area contributed by atoms with Crippen molar-refractivity contribution < 1.29 is 22.4 Å². The molecule has 0 saturated heterocycles. The Balaban J connectivity index is 1.82. The quantitative estimate of drug-likeness (QED) is 0.416. The molecule has 0 saturated carbocycles. The highest BCUT2D eigenvalue weighted by Gasteiger charge is 2.34. The van der Waals surface area contributed by atoms with Gasteiger partial charge in [0, 0.05) is 31.0 Å². The van der Waals surface area contributed by atoms with Gasteiger partial charge in [0.2, 0.25) is 5.95 Å². The minimum Gasteiger partial charge on any atom is -0.365 e. The fraction of sp³-hybridized carbons (Fsp3) is 0.300. The number of rotatable bonds is 9. The van der Waals surface area contributed by atoms with Gasteiger partial charge in [0.05, 0.1) is 29.6 Å². The Hall–Kier alpha value is -3.74. The first-order valence-electron chi connectivity index (χ1n) is 9.74. The Morgan fingerprint density at radius 2 is 2.00 bits per heavy atom. The average molecular weight is 466 g/mol. The predicted octanol–water partition coefficient (Wildman–Crippen LogP) is 2.85. The van der Waals surface area contributed by atoms with Crippen LogP contribution in [0.3, 0.4) is 0 Å². The van der Waals surface area contributed by atoms with Crippen LogP contribution >= 0.6 is 0 Å². The lowest BCUT2D eigenvalue weighted by atomic mass is 10.1. The maximum atomic E-state index is 14.1. The molecular weight excluding hydrogens is 444 g/mol. The molecule has 1 aromatic carbocycles. The van der Waals surface area contributed by atoms with E-state index < -0.39 is 35.6 Å². The molecule has 4 N–H and O–H groups in total. The number of anilines is 3. The number of primary amides is 1. The van der Waals surface area contributed by atoms with Gasteiger partial charge in [-0.2, -0.15) is 23.3 Å². The second-order valence-electron chi connectivity index (χ2n) is 7.36. The molecule has 33 heavy (non-hydrogen) atoms. The van der Waals surface area contributed by atoms with E-state index in [1.165, 1.54) is 0 Å². The molecule has 0 aliphatic rings. The van der Waals surface area contributed by atoms with E-state index in [-0.39, 0.29) is 17.3 Å². The zero-order chi connectivity index (χ0) is 24.2. The maximum Gasteiger partial charge on any atom is 0.416 e. The van der Waals surface area contributed by atoms with Gasteiger partial charge in [-0.05, 0) is 26.2 Å². The highest BCUT2D eigenvalue weighted by atomic mass is 19.4. The van der Waals surface area contributed by atoms with E-state index in [0.29, 0.717) is 12.2 Å². The van der Waals surface area contributed by atoms with Gasteiger partial charge < -0.3 is 21.3 Å². The molecule has 0 atom stereocenters. The number of carbonyl (C=O) groups is 1. The minimum absolute atomic E-state index is 0.0410. The summed E-state index contributed by atoms with van der Waals surface area (Å²) < 4.78 is 55.6. The number of alkyl halides is 3. The summed E-state index contributed by atoms with van der Waals surface area (Å²) in [5.74, 6) is -2.05. The molecule has 2 heterocycles. The third-order valence-electron chi connectivity index (χ3n) is 4.58. The molecule has 0 aliphatic carbocycles. The molecule has 0 bridgehead atoms. The largest absolute Gasteiger partial charge is 0.416 e. The zero-order valence-electron chi connectivity index (χ0n) is 17.8. The van der Waals surface area contributed by atoms with E-state index >= 15 is 0 Å². The number of nitrogens with two attached hydrogens (primary N) is 1. The van der Waals surface area contributed by atoms with E-state index in [1.807, 2.05) is 19.0 Å². The van der Waals surface area contributed by atoms with Crippen LogP contribution in [0.25, 0.3) is 0 Å².